The zero-order chi connectivity index (χ0) is 44.7. The first-order valence-electron chi connectivity index (χ1n) is 22.7. The monoisotopic (exact) mass is 900 g/mol. The number of rotatable bonds is 11. The third-order valence-electron chi connectivity index (χ3n) is 14.4. The van der Waals surface area contributed by atoms with Crippen LogP contribution in [0, 0.1) is 5.92 Å². The number of carbonyl (C=O) groups excluding carboxylic acids is 3. The van der Waals surface area contributed by atoms with Gasteiger partial charge in [0.25, 0.3) is 12.3 Å². The van der Waals surface area contributed by atoms with Crippen molar-refractivity contribution in [2.45, 2.75) is 100 Å². The minimum atomic E-state index is -2.90. The Morgan fingerprint density at radius 2 is 1.86 bits per heavy atom. The number of likely N-dealkylation sites (tertiary alicyclic amines) is 1. The highest BCUT2D eigenvalue weighted by Gasteiger charge is 2.41. The molecule has 6 aliphatic rings. The minimum absolute atomic E-state index is 0.0450. The Hall–Kier alpha value is -5.80. The molecule has 0 spiro atoms. The van der Waals surface area contributed by atoms with Gasteiger partial charge in [0.05, 0.1) is 65.6 Å². The predicted molar refractivity (Wildman–Crippen MR) is 230 cm³/mol. The third-order valence-corrected chi connectivity index (χ3v) is 14.4. The maximum atomic E-state index is 15.7. The summed E-state index contributed by atoms with van der Waals surface area (Å²) in [4.78, 5) is 62.5. The van der Waals surface area contributed by atoms with Gasteiger partial charge in [-0.3, -0.25) is 38.4 Å². The van der Waals surface area contributed by atoms with Crippen LogP contribution in [-0.4, -0.2) is 133 Å². The normalized spacial score (nSPS) is 27.6. The molecule has 1 unspecified atom stereocenters. The largest absolute Gasteiger partial charge is 0.374 e. The summed E-state index contributed by atoms with van der Waals surface area (Å²) in [6, 6.07) is 6.77. The van der Waals surface area contributed by atoms with Crippen molar-refractivity contribution in [2.75, 3.05) is 61.0 Å². The average molecular weight is 901 g/mol. The molecule has 21 heteroatoms. The van der Waals surface area contributed by atoms with Crippen LogP contribution in [0.1, 0.15) is 85.9 Å². The lowest BCUT2D eigenvalue weighted by Gasteiger charge is -2.45. The van der Waals surface area contributed by atoms with Gasteiger partial charge in [0.1, 0.15) is 23.6 Å². The summed E-state index contributed by atoms with van der Waals surface area (Å²) in [7, 11) is 1.67. The van der Waals surface area contributed by atoms with Crippen LogP contribution in [0.25, 0.3) is 16.7 Å². The van der Waals surface area contributed by atoms with E-state index in [4.69, 9.17) is 14.5 Å². The second-order valence-electron chi connectivity index (χ2n) is 18.5. The van der Waals surface area contributed by atoms with Crippen LogP contribution in [0.3, 0.4) is 0 Å². The lowest BCUT2D eigenvalue weighted by Crippen LogP contribution is -2.56. The van der Waals surface area contributed by atoms with E-state index in [2.05, 4.69) is 35.5 Å². The highest BCUT2D eigenvalue weighted by molar-refractivity contribution is 6.08. The van der Waals surface area contributed by atoms with Gasteiger partial charge >= 0.3 is 5.69 Å². The van der Waals surface area contributed by atoms with Gasteiger partial charge in [-0.15, -0.1) is 0 Å². The molecule has 5 saturated heterocycles. The Morgan fingerprint density at radius 1 is 1.03 bits per heavy atom. The molecular weight excluding hydrogens is 850 g/mol. The predicted octanol–water partition coefficient (Wildman–Crippen LogP) is 3.77. The Labute approximate surface area is 370 Å². The topological polar surface area (TPSA) is 178 Å². The van der Waals surface area contributed by atoms with Crippen molar-refractivity contribution in [3.63, 3.8) is 0 Å². The number of imidazole rings is 1. The smallest absolute Gasteiger partial charge is 0.329 e. The molecule has 1 saturated carbocycles. The number of aryl methyl sites for hydroxylation is 1. The van der Waals surface area contributed by atoms with Gasteiger partial charge < -0.3 is 24.6 Å². The number of para-hydroxylation sites is 1. The molecule has 6 fully saturated rings. The van der Waals surface area contributed by atoms with Crippen LogP contribution in [0.15, 0.2) is 47.7 Å². The quantitative estimate of drug-likeness (QED) is 0.184. The van der Waals surface area contributed by atoms with Gasteiger partial charge in [0.2, 0.25) is 11.8 Å². The molecule has 1 aromatic carbocycles. The van der Waals surface area contributed by atoms with E-state index < -0.39 is 42.3 Å². The third kappa shape index (κ3) is 7.63. The SMILES string of the molecule is Cn1c(=O)n(C2CCC(=O)NC2=O)c2cccc(N3CC(O[C@@H]4CCN(C[C@H]5CC[C@H](n6cc(NC(=O)c7cnn8ccc(N9C[C@H]%10C[C@@H]9CO%10)nc78)c(C(F)F)n6)CC5)C[C@H]4F)C3)c21. The van der Waals surface area contributed by atoms with E-state index in [0.717, 1.165) is 38.0 Å². The first-order valence-corrected chi connectivity index (χ1v) is 22.7. The molecule has 344 valence electrons. The van der Waals surface area contributed by atoms with E-state index in [1.807, 2.05) is 18.2 Å². The van der Waals surface area contributed by atoms with Crippen LogP contribution < -0.4 is 26.1 Å². The zero-order valence-electron chi connectivity index (χ0n) is 35.9. The first kappa shape index (κ1) is 41.9. The molecule has 65 heavy (non-hydrogen) atoms. The number of amides is 3. The van der Waals surface area contributed by atoms with Crippen LogP contribution >= 0.6 is 0 Å². The fraction of sp³-hybridized carbons (Fsp3) is 0.568. The second-order valence-corrected chi connectivity index (χ2v) is 18.5. The van der Waals surface area contributed by atoms with Gasteiger partial charge in [0, 0.05) is 65.1 Å². The maximum absolute atomic E-state index is 15.7. The van der Waals surface area contributed by atoms with Gasteiger partial charge in [-0.25, -0.2) is 27.5 Å². The van der Waals surface area contributed by atoms with Crippen molar-refractivity contribution in [3.05, 3.63) is 64.6 Å². The van der Waals surface area contributed by atoms with Crippen molar-refractivity contribution in [1.29, 1.82) is 0 Å². The van der Waals surface area contributed by atoms with Crippen LogP contribution in [0.5, 0.6) is 0 Å². The molecule has 2 N–H and O–H groups in total. The molecule has 3 amide bonds. The number of nitrogens with zero attached hydrogens (tertiary/aromatic N) is 10. The van der Waals surface area contributed by atoms with Crippen molar-refractivity contribution in [3.8, 4) is 0 Å². The van der Waals surface area contributed by atoms with Crippen molar-refractivity contribution in [2.24, 2.45) is 13.0 Å². The van der Waals surface area contributed by atoms with Crippen LogP contribution in [0.2, 0.25) is 0 Å². The van der Waals surface area contributed by atoms with E-state index in [9.17, 15) is 28.0 Å². The van der Waals surface area contributed by atoms with Gasteiger partial charge in [-0.05, 0) is 69.1 Å². The van der Waals surface area contributed by atoms with Gasteiger partial charge in [-0.1, -0.05) is 6.07 Å². The fourth-order valence-electron chi connectivity index (χ4n) is 11.0. The number of imide groups is 1. The lowest BCUT2D eigenvalue weighted by atomic mass is 9.85. The summed E-state index contributed by atoms with van der Waals surface area (Å²) in [6.07, 6.45) is 5.05. The molecule has 4 aromatic heterocycles. The van der Waals surface area contributed by atoms with Gasteiger partial charge in [-0.2, -0.15) is 10.2 Å². The van der Waals surface area contributed by atoms with E-state index in [1.165, 1.54) is 26.0 Å². The number of anilines is 3. The number of carbonyl (C=O) groups is 3. The van der Waals surface area contributed by atoms with E-state index in [1.54, 1.807) is 24.0 Å². The van der Waals surface area contributed by atoms with Crippen molar-refractivity contribution < 1.29 is 37.0 Å². The average Bonchev–Trinajstić information content (AvgIpc) is 4.13. The lowest BCUT2D eigenvalue weighted by molar-refractivity contribution is -0.135. The molecule has 11 rings (SSSR count). The molecule has 18 nitrogen and oxygen atoms in total. The fourth-order valence-corrected chi connectivity index (χ4v) is 11.0. The number of piperidine rings is 2. The highest BCUT2D eigenvalue weighted by atomic mass is 19.3. The van der Waals surface area contributed by atoms with Crippen molar-refractivity contribution in [1.82, 2.24) is 43.7 Å². The van der Waals surface area contributed by atoms with Crippen LogP contribution in [0.4, 0.5) is 30.4 Å². The first-order chi connectivity index (χ1) is 31.4. The second kappa shape index (κ2) is 16.6. The minimum Gasteiger partial charge on any atom is -0.374 e. The Bertz CT molecular complexity index is 2720. The van der Waals surface area contributed by atoms with Crippen LogP contribution in [-0.2, 0) is 26.1 Å². The maximum Gasteiger partial charge on any atom is 0.329 e. The van der Waals surface area contributed by atoms with E-state index in [0.29, 0.717) is 73.9 Å². The number of ether oxygens (including phenoxy) is 2. The standard InChI is InChI=1S/C44H51F3N12O6/c1-53-39-32(3-2-4-33(39)59(44(53)63)34-9-10-37(60)51-43(34)62)55-18-28(19-55)65-35-11-13-54(21-30(35)45)17-24-5-7-25(8-6-24)58-22-31(38(52-58)40(46)47)49-42(61)29-16-48-57-14-12-36(50-41(29)57)56-20-27-15-26(56)23-64-27/h2-4,12,14,16,22,24-28,30,34-35,40H,5-11,13,15,17-21,23H2,1H3,(H,49,61)(H,51,60,62)/t24-,25-,26-,27-,30-,34?,35-/m1/s1. The number of alkyl halides is 3. The number of benzene rings is 1. The van der Waals surface area contributed by atoms with E-state index in [-0.39, 0.29) is 66.5 Å². The summed E-state index contributed by atoms with van der Waals surface area (Å²) >= 11 is 0. The Balaban J connectivity index is 0.663. The summed E-state index contributed by atoms with van der Waals surface area (Å²) in [5.41, 5.74) is 1.77. The molecule has 0 radical (unpaired) electrons. The number of halogens is 3. The molecule has 2 bridgehead atoms. The Kier molecular flexibility index (Phi) is 10.7. The molecule has 5 aliphatic heterocycles. The number of aromatic nitrogens is 7. The zero-order valence-corrected chi connectivity index (χ0v) is 35.9. The van der Waals surface area contributed by atoms with Crippen molar-refractivity contribution >= 4 is 51.6 Å². The molecule has 5 atom stereocenters. The highest BCUT2D eigenvalue weighted by Crippen LogP contribution is 2.38. The number of nitrogens with one attached hydrogen (secondary N) is 2. The summed E-state index contributed by atoms with van der Waals surface area (Å²) in [5, 5.41) is 13.5. The molecule has 9 heterocycles. The number of fused-ring (bicyclic) bond motifs is 4. The summed E-state index contributed by atoms with van der Waals surface area (Å²) in [5.74, 6) is -0.390. The number of morpholine rings is 1. The number of hydrogen-bond acceptors (Lipinski definition) is 12. The summed E-state index contributed by atoms with van der Waals surface area (Å²) in [6.45, 7) is 4.13. The molecule has 5 aromatic rings. The molecule has 1 aliphatic carbocycles. The van der Waals surface area contributed by atoms with E-state index >= 15 is 4.39 Å². The number of hydrogen-bond donors (Lipinski definition) is 2. The summed E-state index contributed by atoms with van der Waals surface area (Å²) < 4.78 is 62.4. The van der Waals surface area contributed by atoms with Gasteiger partial charge in [0.15, 0.2) is 11.3 Å². The molecular formula is C44H51F3N12O6. The Morgan fingerprint density at radius 3 is 2.60 bits per heavy atom.